The molecule has 0 saturated heterocycles. The van der Waals surface area contributed by atoms with Crippen LogP contribution in [-0.2, 0) is 17.7 Å². The van der Waals surface area contributed by atoms with E-state index in [0.29, 0.717) is 5.75 Å². The molecule has 3 aliphatic rings. The van der Waals surface area contributed by atoms with Gasteiger partial charge in [-0.15, -0.1) is 0 Å². The van der Waals surface area contributed by atoms with Crippen LogP contribution in [0.2, 0.25) is 0 Å². The number of hydrogen-bond acceptors (Lipinski definition) is 4. The third-order valence-electron chi connectivity index (χ3n) is 4.29. The van der Waals surface area contributed by atoms with Gasteiger partial charge >= 0.3 is 0 Å². The van der Waals surface area contributed by atoms with Gasteiger partial charge in [-0.1, -0.05) is 17.2 Å². The second-order valence-electron chi connectivity index (χ2n) is 6.04. The molecule has 1 aliphatic carbocycles. The maximum atomic E-state index is 13.4. The Morgan fingerprint density at radius 2 is 2.21 bits per heavy atom. The normalized spacial score (nSPS) is 20.8. The second-order valence-corrected chi connectivity index (χ2v) is 8.74. The fourth-order valence-corrected chi connectivity index (χ4v) is 4.69. The van der Waals surface area contributed by atoms with Gasteiger partial charge in [0, 0.05) is 35.2 Å². The highest BCUT2D eigenvalue weighted by Gasteiger charge is 2.25. The van der Waals surface area contributed by atoms with E-state index < -0.39 is 11.2 Å². The first kappa shape index (κ1) is 16.1. The molecule has 0 bridgehead atoms. The molecule has 0 aromatic heterocycles. The summed E-state index contributed by atoms with van der Waals surface area (Å²) in [6, 6.07) is 6.44. The topological polar surface area (TPSA) is 38.7 Å². The quantitative estimate of drug-likeness (QED) is 0.604. The van der Waals surface area contributed by atoms with Crippen molar-refractivity contribution in [3.05, 3.63) is 59.1 Å². The molecule has 0 saturated carbocycles. The fourth-order valence-electron chi connectivity index (χ4n) is 3.06. The fraction of sp³-hybridized carbons (Fsp3) is 0.278. The van der Waals surface area contributed by atoms with Crippen molar-refractivity contribution in [3.63, 3.8) is 0 Å². The minimum absolute atomic E-state index is 0.138. The van der Waals surface area contributed by atoms with Crippen LogP contribution >= 0.6 is 11.9 Å². The number of aliphatic imine (C=N–C) groups is 1. The maximum Gasteiger partial charge on any atom is 0.118 e. The van der Waals surface area contributed by atoms with Crippen molar-refractivity contribution >= 4 is 34.4 Å². The van der Waals surface area contributed by atoms with Gasteiger partial charge in [-0.25, -0.2) is 8.70 Å². The first-order valence-corrected chi connectivity index (χ1v) is 10.3. The van der Waals surface area contributed by atoms with E-state index in [0.717, 1.165) is 35.5 Å². The molecule has 0 amide bonds. The molecule has 2 heterocycles. The molecule has 1 atom stereocenters. The van der Waals surface area contributed by atoms with Crippen LogP contribution in [0.25, 0.3) is 5.57 Å². The lowest BCUT2D eigenvalue weighted by Crippen LogP contribution is -2.19. The van der Waals surface area contributed by atoms with Gasteiger partial charge in [-0.3, -0.25) is 4.99 Å². The van der Waals surface area contributed by atoms with Crippen LogP contribution in [0, 0.1) is 0 Å². The standard InChI is InChI=1S/C18H17FN2OS2/c1-24(22)7-6-21-11-13-8-12(2-5-18(13)23-21)16-10-20-17-9-14(19)3-4-15(16)17/h2-5,8,10H,6-7,9,11H2,1H3. The minimum atomic E-state index is -0.764. The molecule has 4 rings (SSSR count). The van der Waals surface area contributed by atoms with Gasteiger partial charge in [0.2, 0.25) is 0 Å². The first-order chi connectivity index (χ1) is 11.6. The van der Waals surface area contributed by atoms with Gasteiger partial charge in [0.25, 0.3) is 0 Å². The Morgan fingerprint density at radius 3 is 3.04 bits per heavy atom. The zero-order valence-electron chi connectivity index (χ0n) is 13.3. The zero-order valence-corrected chi connectivity index (χ0v) is 14.9. The van der Waals surface area contributed by atoms with Crippen LogP contribution in [0.1, 0.15) is 17.5 Å². The van der Waals surface area contributed by atoms with E-state index in [-0.39, 0.29) is 12.2 Å². The van der Waals surface area contributed by atoms with Crippen LogP contribution in [0.3, 0.4) is 0 Å². The van der Waals surface area contributed by atoms with E-state index in [4.69, 9.17) is 0 Å². The molecule has 0 radical (unpaired) electrons. The Kier molecular flexibility index (Phi) is 4.39. The number of fused-ring (bicyclic) bond motifs is 2. The molecule has 1 unspecified atom stereocenters. The van der Waals surface area contributed by atoms with Crippen LogP contribution in [0.15, 0.2) is 57.8 Å². The minimum Gasteiger partial charge on any atom is -0.617 e. The molecule has 0 N–H and O–H groups in total. The van der Waals surface area contributed by atoms with Crippen molar-refractivity contribution in [2.75, 3.05) is 18.6 Å². The average molecular weight is 360 g/mol. The molecule has 2 aliphatic heterocycles. The highest BCUT2D eigenvalue weighted by molar-refractivity contribution is 7.97. The van der Waals surface area contributed by atoms with Crippen molar-refractivity contribution in [3.8, 4) is 0 Å². The summed E-state index contributed by atoms with van der Waals surface area (Å²) in [4.78, 5) is 5.63. The summed E-state index contributed by atoms with van der Waals surface area (Å²) in [5.74, 6) is 0.558. The number of nitrogens with zero attached hydrogens (tertiary/aromatic N) is 2. The molecular formula is C18H17FN2OS2. The van der Waals surface area contributed by atoms with Crippen molar-refractivity contribution in [2.45, 2.75) is 17.9 Å². The summed E-state index contributed by atoms with van der Waals surface area (Å²) in [5, 5.41) is 0. The average Bonchev–Trinajstić information content (AvgIpc) is 3.14. The predicted molar refractivity (Wildman–Crippen MR) is 98.9 cm³/mol. The third kappa shape index (κ3) is 3.11. The Hall–Kier alpha value is -1.34. The van der Waals surface area contributed by atoms with E-state index in [1.54, 1.807) is 18.2 Å². The number of hydrogen-bond donors (Lipinski definition) is 0. The SMILES string of the molecule is C[S+]([O-])CCN1Cc2cc(C3=CN=C4CC(F)=CC=C34)ccc2S1. The van der Waals surface area contributed by atoms with Crippen molar-refractivity contribution < 1.29 is 8.94 Å². The van der Waals surface area contributed by atoms with E-state index in [1.807, 2.05) is 12.3 Å². The van der Waals surface area contributed by atoms with Crippen LogP contribution in [-0.4, -0.2) is 33.1 Å². The summed E-state index contributed by atoms with van der Waals surface area (Å²) < 4.78 is 26.9. The summed E-state index contributed by atoms with van der Waals surface area (Å²) in [6.07, 6.45) is 7.22. The zero-order chi connectivity index (χ0) is 16.7. The third-order valence-corrected chi connectivity index (χ3v) is 6.21. The molecular weight excluding hydrogens is 343 g/mol. The summed E-state index contributed by atoms with van der Waals surface area (Å²) in [7, 11) is 0. The molecule has 0 fully saturated rings. The maximum absolute atomic E-state index is 13.4. The molecule has 1 aromatic rings. The van der Waals surface area contributed by atoms with E-state index in [2.05, 4.69) is 27.5 Å². The lowest BCUT2D eigenvalue weighted by molar-refractivity contribution is 0.502. The number of rotatable bonds is 4. The van der Waals surface area contributed by atoms with Crippen LogP contribution in [0.4, 0.5) is 4.39 Å². The Morgan fingerprint density at radius 1 is 1.33 bits per heavy atom. The van der Waals surface area contributed by atoms with Crippen molar-refractivity contribution in [1.29, 1.82) is 0 Å². The van der Waals surface area contributed by atoms with Crippen LogP contribution < -0.4 is 0 Å². The summed E-state index contributed by atoms with van der Waals surface area (Å²) >= 11 is 0.966. The van der Waals surface area contributed by atoms with Gasteiger partial charge in [0.15, 0.2) is 0 Å². The van der Waals surface area contributed by atoms with Crippen molar-refractivity contribution in [2.24, 2.45) is 4.99 Å². The molecule has 124 valence electrons. The van der Waals surface area contributed by atoms with Gasteiger partial charge in [-0.05, 0) is 47.4 Å². The molecule has 0 spiro atoms. The Bertz CT molecular complexity index is 811. The molecule has 3 nitrogen and oxygen atoms in total. The molecule has 6 heteroatoms. The van der Waals surface area contributed by atoms with Gasteiger partial charge in [0.1, 0.15) is 11.6 Å². The highest BCUT2D eigenvalue weighted by atomic mass is 32.2. The first-order valence-electron chi connectivity index (χ1n) is 7.80. The number of halogens is 1. The number of benzene rings is 1. The number of allylic oxidation sites excluding steroid dienone is 5. The summed E-state index contributed by atoms with van der Waals surface area (Å²) in [6.45, 7) is 1.68. The van der Waals surface area contributed by atoms with Crippen molar-refractivity contribution in [1.82, 2.24) is 4.31 Å². The van der Waals surface area contributed by atoms with E-state index in [9.17, 15) is 8.94 Å². The largest absolute Gasteiger partial charge is 0.617 e. The van der Waals surface area contributed by atoms with E-state index >= 15 is 0 Å². The van der Waals surface area contributed by atoms with Gasteiger partial charge in [-0.2, -0.15) is 0 Å². The van der Waals surface area contributed by atoms with Gasteiger partial charge < -0.3 is 4.55 Å². The van der Waals surface area contributed by atoms with E-state index in [1.165, 1.54) is 16.5 Å². The lowest BCUT2D eigenvalue weighted by Gasteiger charge is -2.13. The molecule has 24 heavy (non-hydrogen) atoms. The second kappa shape index (κ2) is 6.52. The molecule has 1 aromatic carbocycles. The highest BCUT2D eigenvalue weighted by Crippen LogP contribution is 2.40. The monoisotopic (exact) mass is 360 g/mol. The Balaban J connectivity index is 1.53. The smallest absolute Gasteiger partial charge is 0.118 e. The van der Waals surface area contributed by atoms with Gasteiger partial charge in [0.05, 0.1) is 18.5 Å². The summed E-state index contributed by atoms with van der Waals surface area (Å²) in [5.41, 5.74) is 5.31. The predicted octanol–water partition coefficient (Wildman–Crippen LogP) is 3.87. The lowest BCUT2D eigenvalue weighted by atomic mass is 9.92. The Labute approximate surface area is 148 Å². The van der Waals surface area contributed by atoms with Crippen LogP contribution in [0.5, 0.6) is 0 Å².